The van der Waals surface area contributed by atoms with Crippen molar-refractivity contribution in [2.45, 2.75) is 44.4 Å². The molecule has 0 aliphatic carbocycles. The molecule has 0 saturated carbocycles. The Hall–Kier alpha value is -2.70. The highest BCUT2D eigenvalue weighted by Crippen LogP contribution is 2.31. The number of aliphatic hydroxyl groups is 2. The van der Waals surface area contributed by atoms with Crippen LogP contribution in [0.4, 0.5) is 0 Å². The van der Waals surface area contributed by atoms with Crippen molar-refractivity contribution in [3.8, 4) is 12.3 Å². The van der Waals surface area contributed by atoms with Gasteiger partial charge in [0.1, 0.15) is 23.9 Å². The van der Waals surface area contributed by atoms with Crippen LogP contribution >= 0.6 is 0 Å². The Kier molecular flexibility index (Phi) is 6.67. The monoisotopic (exact) mass is 400 g/mol. The fraction of sp³-hybridized carbons (Fsp3) is 0.429. The maximum atomic E-state index is 13.1. The zero-order valence-corrected chi connectivity index (χ0v) is 16.1. The van der Waals surface area contributed by atoms with Crippen molar-refractivity contribution >= 4 is 0 Å². The molecule has 1 unspecified atom stereocenters. The van der Waals surface area contributed by atoms with Gasteiger partial charge in [-0.15, -0.1) is 6.42 Å². The first-order chi connectivity index (χ1) is 14.0. The van der Waals surface area contributed by atoms with E-state index < -0.39 is 42.4 Å². The predicted molar refractivity (Wildman–Crippen MR) is 105 cm³/mol. The Balaban J connectivity index is 2.09. The lowest BCUT2D eigenvalue weighted by molar-refractivity contribution is -0.0747. The van der Waals surface area contributed by atoms with Crippen LogP contribution in [0.2, 0.25) is 0 Å². The highest BCUT2D eigenvalue weighted by molar-refractivity contribution is 5.27. The summed E-state index contributed by atoms with van der Waals surface area (Å²) in [5.41, 5.74) is -0.480. The molecule has 29 heavy (non-hydrogen) atoms. The molecule has 1 aliphatic rings. The summed E-state index contributed by atoms with van der Waals surface area (Å²) in [6.07, 6.45) is 3.45. The maximum absolute atomic E-state index is 13.1. The molecule has 1 aromatic carbocycles. The van der Waals surface area contributed by atoms with E-state index in [1.807, 2.05) is 13.0 Å². The van der Waals surface area contributed by atoms with Crippen molar-refractivity contribution in [1.82, 2.24) is 9.13 Å². The number of hydrogen-bond donors (Lipinski definition) is 2. The van der Waals surface area contributed by atoms with Crippen LogP contribution in [0.25, 0.3) is 0 Å². The van der Waals surface area contributed by atoms with Gasteiger partial charge in [-0.3, -0.25) is 13.9 Å². The quantitative estimate of drug-likeness (QED) is 0.639. The molecule has 0 radical (unpaired) electrons. The number of aromatic nitrogens is 2. The molecular formula is C21H24N2O6. The third-order valence-corrected chi connectivity index (χ3v) is 4.82. The summed E-state index contributed by atoms with van der Waals surface area (Å²) in [6.45, 7) is 1.83. The first kappa shape index (κ1) is 21.0. The summed E-state index contributed by atoms with van der Waals surface area (Å²) in [4.78, 5) is 25.8. The smallest absolute Gasteiger partial charge is 0.333 e. The molecule has 1 saturated heterocycles. The Bertz CT molecular complexity index is 991. The van der Waals surface area contributed by atoms with E-state index in [2.05, 4.69) is 5.92 Å². The van der Waals surface area contributed by atoms with Crippen molar-refractivity contribution in [1.29, 1.82) is 0 Å². The highest BCUT2D eigenvalue weighted by Gasteiger charge is 2.45. The standard InChI is InChI=1S/C21H24N2O6/c1-3-10-28-18-17(25)16(13-24)29-20(18)23-12-15(4-2)19(26)22(21(23)27)11-14-8-6-5-7-9-14/h2,5-9,12,16-18,20,24-25H,3,10-11,13H2,1H3/t16-,17+,18?,20-/m1/s1. The zero-order chi connectivity index (χ0) is 21.0. The van der Waals surface area contributed by atoms with Crippen LogP contribution in [0.1, 0.15) is 30.7 Å². The van der Waals surface area contributed by atoms with Gasteiger partial charge in [0.15, 0.2) is 6.23 Å². The van der Waals surface area contributed by atoms with Gasteiger partial charge in [0, 0.05) is 12.8 Å². The second kappa shape index (κ2) is 9.20. The van der Waals surface area contributed by atoms with Gasteiger partial charge in [-0.25, -0.2) is 4.79 Å². The molecule has 8 nitrogen and oxygen atoms in total. The lowest BCUT2D eigenvalue weighted by Gasteiger charge is -2.23. The second-order valence-corrected chi connectivity index (χ2v) is 6.83. The third kappa shape index (κ3) is 4.18. The molecule has 154 valence electrons. The summed E-state index contributed by atoms with van der Waals surface area (Å²) >= 11 is 0. The van der Waals surface area contributed by atoms with Crippen molar-refractivity contribution in [3.63, 3.8) is 0 Å². The van der Waals surface area contributed by atoms with Gasteiger partial charge in [-0.2, -0.15) is 0 Å². The van der Waals surface area contributed by atoms with Gasteiger partial charge < -0.3 is 19.7 Å². The summed E-state index contributed by atoms with van der Waals surface area (Å²) in [5, 5.41) is 19.9. The van der Waals surface area contributed by atoms with E-state index in [0.717, 1.165) is 10.1 Å². The number of terminal acetylenes is 1. The SMILES string of the molecule is C#Cc1cn([C@@H]2O[C@H](CO)[C@H](O)C2OCCC)c(=O)n(Cc2ccccc2)c1=O. The maximum Gasteiger partial charge on any atom is 0.333 e. The minimum atomic E-state index is -1.13. The van der Waals surface area contributed by atoms with Crippen molar-refractivity contribution < 1.29 is 19.7 Å². The molecule has 2 aromatic rings. The van der Waals surface area contributed by atoms with Crippen LogP contribution in [0, 0.1) is 12.3 Å². The number of rotatable bonds is 7. The molecule has 0 amide bonds. The molecule has 1 aromatic heterocycles. The number of benzene rings is 1. The molecule has 4 atom stereocenters. The lowest BCUT2D eigenvalue weighted by atomic mass is 10.1. The van der Waals surface area contributed by atoms with Gasteiger partial charge in [0.25, 0.3) is 5.56 Å². The van der Waals surface area contributed by atoms with E-state index in [-0.39, 0.29) is 12.1 Å². The van der Waals surface area contributed by atoms with E-state index in [0.29, 0.717) is 13.0 Å². The van der Waals surface area contributed by atoms with E-state index in [9.17, 15) is 19.8 Å². The largest absolute Gasteiger partial charge is 0.394 e. The van der Waals surface area contributed by atoms with E-state index in [1.165, 1.54) is 10.8 Å². The molecule has 2 heterocycles. The summed E-state index contributed by atoms with van der Waals surface area (Å²) in [7, 11) is 0. The Morgan fingerprint density at radius 3 is 2.62 bits per heavy atom. The van der Waals surface area contributed by atoms with Crippen molar-refractivity contribution in [2.24, 2.45) is 0 Å². The van der Waals surface area contributed by atoms with Gasteiger partial charge in [0.05, 0.1) is 13.2 Å². The molecule has 8 heteroatoms. The molecule has 1 fully saturated rings. The van der Waals surface area contributed by atoms with E-state index >= 15 is 0 Å². The number of hydrogen-bond acceptors (Lipinski definition) is 6. The van der Waals surface area contributed by atoms with Crippen LogP contribution in [-0.2, 0) is 16.0 Å². The average Bonchev–Trinajstić information content (AvgIpc) is 3.05. The van der Waals surface area contributed by atoms with Crippen LogP contribution in [-0.4, -0.2) is 50.9 Å². The Morgan fingerprint density at radius 1 is 1.28 bits per heavy atom. The van der Waals surface area contributed by atoms with Crippen LogP contribution in [0.15, 0.2) is 46.1 Å². The molecule has 1 aliphatic heterocycles. The van der Waals surface area contributed by atoms with E-state index in [1.54, 1.807) is 24.3 Å². The molecule has 0 spiro atoms. The molecule has 3 rings (SSSR count). The van der Waals surface area contributed by atoms with Crippen LogP contribution in [0.5, 0.6) is 0 Å². The minimum Gasteiger partial charge on any atom is -0.394 e. The Labute approximate surface area is 167 Å². The number of nitrogens with zero attached hydrogens (tertiary/aromatic N) is 2. The first-order valence-corrected chi connectivity index (χ1v) is 9.44. The number of ether oxygens (including phenoxy) is 2. The minimum absolute atomic E-state index is 0.0136. The highest BCUT2D eigenvalue weighted by atomic mass is 16.6. The van der Waals surface area contributed by atoms with Gasteiger partial charge >= 0.3 is 5.69 Å². The van der Waals surface area contributed by atoms with Crippen molar-refractivity contribution in [2.75, 3.05) is 13.2 Å². The average molecular weight is 400 g/mol. The summed E-state index contributed by atoms with van der Waals surface area (Å²) < 4.78 is 13.6. The third-order valence-electron chi connectivity index (χ3n) is 4.82. The molecule has 0 bridgehead atoms. The van der Waals surface area contributed by atoms with Gasteiger partial charge in [-0.05, 0) is 12.0 Å². The molecular weight excluding hydrogens is 376 g/mol. The normalized spacial score (nSPS) is 23.8. The first-order valence-electron chi connectivity index (χ1n) is 9.44. The van der Waals surface area contributed by atoms with Crippen LogP contribution < -0.4 is 11.2 Å². The second-order valence-electron chi connectivity index (χ2n) is 6.83. The molecule has 2 N–H and O–H groups in total. The van der Waals surface area contributed by atoms with E-state index in [4.69, 9.17) is 15.9 Å². The lowest BCUT2D eigenvalue weighted by Crippen LogP contribution is -2.45. The fourth-order valence-corrected chi connectivity index (χ4v) is 3.33. The fourth-order valence-electron chi connectivity index (χ4n) is 3.33. The van der Waals surface area contributed by atoms with Crippen LogP contribution in [0.3, 0.4) is 0 Å². The number of aliphatic hydroxyl groups excluding tert-OH is 2. The zero-order valence-electron chi connectivity index (χ0n) is 16.1. The summed E-state index contributed by atoms with van der Waals surface area (Å²) in [6, 6.07) is 9.04. The predicted octanol–water partition coefficient (Wildman–Crippen LogP) is 0.0854. The Morgan fingerprint density at radius 2 is 2.00 bits per heavy atom. The topological polar surface area (TPSA) is 103 Å². The summed E-state index contributed by atoms with van der Waals surface area (Å²) in [5.74, 6) is 2.31. The van der Waals surface area contributed by atoms with Gasteiger partial charge in [0.2, 0.25) is 0 Å². The van der Waals surface area contributed by atoms with Gasteiger partial charge in [-0.1, -0.05) is 43.2 Å². The van der Waals surface area contributed by atoms with Crippen molar-refractivity contribution in [3.05, 3.63) is 68.5 Å².